The number of anilines is 1. The zero-order valence-corrected chi connectivity index (χ0v) is 13.1. The molecule has 0 heterocycles. The lowest BCUT2D eigenvalue weighted by Crippen LogP contribution is -2.30. The summed E-state index contributed by atoms with van der Waals surface area (Å²) in [7, 11) is 0. The van der Waals surface area contributed by atoms with Crippen LogP contribution in [0.15, 0.2) is 59.6 Å². The lowest BCUT2D eigenvalue weighted by Gasteiger charge is -2.28. The molecule has 0 bridgehead atoms. The molecule has 2 aromatic carbocycles. The Balaban J connectivity index is 1.75. The smallest absolute Gasteiger partial charge is 0.193 e. The summed E-state index contributed by atoms with van der Waals surface area (Å²) in [4.78, 5) is 4.56. The van der Waals surface area contributed by atoms with E-state index in [0.29, 0.717) is 12.5 Å². The summed E-state index contributed by atoms with van der Waals surface area (Å²) < 4.78 is 13.2. The molecule has 3 N–H and O–H groups in total. The van der Waals surface area contributed by atoms with Gasteiger partial charge in [0.15, 0.2) is 5.96 Å². The Kier molecular flexibility index (Phi) is 4.60. The molecule has 1 fully saturated rings. The fourth-order valence-electron chi connectivity index (χ4n) is 3.34. The first-order valence-corrected chi connectivity index (χ1v) is 8.06. The van der Waals surface area contributed by atoms with Gasteiger partial charge < -0.3 is 11.1 Å². The number of hydrogen-bond acceptors (Lipinski definition) is 1. The number of rotatable bonds is 4. The van der Waals surface area contributed by atoms with Crippen molar-refractivity contribution in [3.63, 3.8) is 0 Å². The van der Waals surface area contributed by atoms with Gasteiger partial charge in [0, 0.05) is 11.1 Å². The molecule has 0 saturated heterocycles. The number of benzene rings is 2. The highest BCUT2D eigenvalue weighted by molar-refractivity contribution is 5.92. The molecule has 0 spiro atoms. The van der Waals surface area contributed by atoms with E-state index < -0.39 is 0 Å². The minimum absolute atomic E-state index is 0.0172. The van der Waals surface area contributed by atoms with E-state index in [-0.39, 0.29) is 11.2 Å². The Bertz CT molecular complexity index is 659. The molecular formula is C19H22FN3. The molecule has 0 radical (unpaired) electrons. The fourth-order valence-corrected chi connectivity index (χ4v) is 3.34. The molecule has 1 aliphatic carbocycles. The Hall–Kier alpha value is -2.36. The van der Waals surface area contributed by atoms with E-state index in [1.54, 1.807) is 0 Å². The van der Waals surface area contributed by atoms with Gasteiger partial charge in [0.25, 0.3) is 0 Å². The normalized spacial score (nSPS) is 17.2. The standard InChI is InChI=1S/C19H22FN3/c20-16-10-8-15(9-11-16)19(12-4-5-13-19)14-22-18(21)23-17-6-2-1-3-7-17/h1-3,6-11H,4-5,12-14H2,(H3,21,22,23). The summed E-state index contributed by atoms with van der Waals surface area (Å²) in [6.45, 7) is 0.629. The maximum absolute atomic E-state index is 13.2. The van der Waals surface area contributed by atoms with E-state index in [1.165, 1.54) is 25.0 Å². The van der Waals surface area contributed by atoms with Gasteiger partial charge in [-0.1, -0.05) is 43.2 Å². The largest absolute Gasteiger partial charge is 0.370 e. The summed E-state index contributed by atoms with van der Waals surface area (Å²) in [6.07, 6.45) is 4.50. The van der Waals surface area contributed by atoms with Gasteiger partial charge in [-0.2, -0.15) is 0 Å². The predicted molar refractivity (Wildman–Crippen MR) is 93.1 cm³/mol. The van der Waals surface area contributed by atoms with E-state index >= 15 is 0 Å². The topological polar surface area (TPSA) is 50.4 Å². The van der Waals surface area contributed by atoms with E-state index in [1.807, 2.05) is 42.5 Å². The molecule has 4 heteroatoms. The SMILES string of the molecule is NC(=NCC1(c2ccc(F)cc2)CCCC1)Nc1ccccc1. The number of nitrogens with two attached hydrogens (primary N) is 1. The molecule has 0 amide bonds. The summed E-state index contributed by atoms with van der Waals surface area (Å²) >= 11 is 0. The highest BCUT2D eigenvalue weighted by Crippen LogP contribution is 2.41. The third kappa shape index (κ3) is 3.70. The van der Waals surface area contributed by atoms with E-state index in [9.17, 15) is 4.39 Å². The van der Waals surface area contributed by atoms with Crippen molar-refractivity contribution in [1.82, 2.24) is 0 Å². The quantitative estimate of drug-likeness (QED) is 0.661. The Morgan fingerprint density at radius 3 is 2.35 bits per heavy atom. The number of nitrogens with one attached hydrogen (secondary N) is 1. The van der Waals surface area contributed by atoms with Gasteiger partial charge in [0.2, 0.25) is 0 Å². The van der Waals surface area contributed by atoms with E-state index in [4.69, 9.17) is 5.73 Å². The second kappa shape index (κ2) is 6.82. The van der Waals surface area contributed by atoms with Gasteiger partial charge in [0.1, 0.15) is 5.82 Å². The third-order valence-corrected chi connectivity index (χ3v) is 4.62. The van der Waals surface area contributed by atoms with Crippen LogP contribution in [0.3, 0.4) is 0 Å². The van der Waals surface area contributed by atoms with Gasteiger partial charge in [-0.3, -0.25) is 4.99 Å². The minimum Gasteiger partial charge on any atom is -0.370 e. The first-order valence-electron chi connectivity index (χ1n) is 8.06. The minimum atomic E-state index is -0.198. The average molecular weight is 311 g/mol. The maximum atomic E-state index is 13.2. The summed E-state index contributed by atoms with van der Waals surface area (Å²) in [5, 5.41) is 3.11. The predicted octanol–water partition coefficient (Wildman–Crippen LogP) is 4.06. The van der Waals surface area contributed by atoms with Gasteiger partial charge in [0.05, 0.1) is 6.54 Å². The average Bonchev–Trinajstić information content (AvgIpc) is 3.05. The summed E-state index contributed by atoms with van der Waals surface area (Å²) in [5.74, 6) is 0.222. The molecule has 23 heavy (non-hydrogen) atoms. The van der Waals surface area contributed by atoms with Crippen LogP contribution in [0.5, 0.6) is 0 Å². The molecule has 2 aromatic rings. The Morgan fingerprint density at radius 1 is 1.04 bits per heavy atom. The monoisotopic (exact) mass is 311 g/mol. The number of para-hydroxylation sites is 1. The second-order valence-corrected chi connectivity index (χ2v) is 6.19. The van der Waals surface area contributed by atoms with Crippen LogP contribution in [0.1, 0.15) is 31.2 Å². The molecule has 0 aromatic heterocycles. The molecule has 0 aliphatic heterocycles. The van der Waals surface area contributed by atoms with Gasteiger partial charge in [-0.05, 0) is 42.7 Å². The van der Waals surface area contributed by atoms with Crippen LogP contribution >= 0.6 is 0 Å². The van der Waals surface area contributed by atoms with Crippen LogP contribution in [0.2, 0.25) is 0 Å². The summed E-state index contributed by atoms with van der Waals surface area (Å²) in [5.41, 5.74) is 8.09. The number of halogens is 1. The van der Waals surface area contributed by atoms with Crippen LogP contribution < -0.4 is 11.1 Å². The molecular weight excluding hydrogens is 289 g/mol. The van der Waals surface area contributed by atoms with Crippen molar-refractivity contribution in [1.29, 1.82) is 0 Å². The highest BCUT2D eigenvalue weighted by Gasteiger charge is 2.35. The van der Waals surface area contributed by atoms with E-state index in [0.717, 1.165) is 24.1 Å². The van der Waals surface area contributed by atoms with E-state index in [2.05, 4.69) is 10.3 Å². The zero-order valence-electron chi connectivity index (χ0n) is 13.1. The number of aliphatic imine (C=N–C) groups is 1. The molecule has 3 rings (SSSR count). The van der Waals surface area contributed by atoms with Crippen molar-refractivity contribution in [3.8, 4) is 0 Å². The fraction of sp³-hybridized carbons (Fsp3) is 0.316. The number of hydrogen-bond donors (Lipinski definition) is 2. The Labute approximate surface area is 136 Å². The molecule has 1 saturated carbocycles. The van der Waals surface area contributed by atoms with Gasteiger partial charge in [-0.25, -0.2) is 4.39 Å². The molecule has 0 unspecified atom stereocenters. The lowest BCUT2D eigenvalue weighted by molar-refractivity contribution is 0.453. The molecule has 3 nitrogen and oxygen atoms in total. The first-order chi connectivity index (χ1) is 11.2. The number of guanidine groups is 1. The molecule has 1 aliphatic rings. The van der Waals surface area contributed by atoms with Crippen LogP contribution in [0.4, 0.5) is 10.1 Å². The lowest BCUT2D eigenvalue weighted by atomic mass is 9.79. The molecule has 120 valence electrons. The van der Waals surface area contributed by atoms with Crippen molar-refractivity contribution < 1.29 is 4.39 Å². The van der Waals surface area contributed by atoms with Crippen LogP contribution in [-0.2, 0) is 5.41 Å². The van der Waals surface area contributed by atoms with Crippen molar-refractivity contribution in [2.24, 2.45) is 10.7 Å². The van der Waals surface area contributed by atoms with Crippen molar-refractivity contribution in [3.05, 3.63) is 66.0 Å². The van der Waals surface area contributed by atoms with Gasteiger partial charge in [-0.15, -0.1) is 0 Å². The van der Waals surface area contributed by atoms with Crippen LogP contribution in [-0.4, -0.2) is 12.5 Å². The van der Waals surface area contributed by atoms with Gasteiger partial charge >= 0.3 is 0 Å². The van der Waals surface area contributed by atoms with Crippen molar-refractivity contribution >= 4 is 11.6 Å². The second-order valence-electron chi connectivity index (χ2n) is 6.19. The summed E-state index contributed by atoms with van der Waals surface area (Å²) in [6, 6.07) is 16.6. The highest BCUT2D eigenvalue weighted by atomic mass is 19.1. The van der Waals surface area contributed by atoms with Crippen molar-refractivity contribution in [2.45, 2.75) is 31.1 Å². The number of nitrogens with zero attached hydrogens (tertiary/aromatic N) is 1. The van der Waals surface area contributed by atoms with Crippen LogP contribution in [0.25, 0.3) is 0 Å². The zero-order chi connectivity index (χ0) is 16.1. The van der Waals surface area contributed by atoms with Crippen LogP contribution in [0, 0.1) is 5.82 Å². The first kappa shape index (κ1) is 15.5. The Morgan fingerprint density at radius 2 is 1.70 bits per heavy atom. The third-order valence-electron chi connectivity index (χ3n) is 4.62. The molecule has 0 atom stereocenters. The maximum Gasteiger partial charge on any atom is 0.193 e. The van der Waals surface area contributed by atoms with Crippen molar-refractivity contribution in [2.75, 3.05) is 11.9 Å².